The highest BCUT2D eigenvalue weighted by atomic mass is 79.9. The van der Waals surface area contributed by atoms with Gasteiger partial charge >= 0.3 is 0 Å². The summed E-state index contributed by atoms with van der Waals surface area (Å²) in [4.78, 5) is 0. The van der Waals surface area contributed by atoms with Crippen molar-refractivity contribution in [3.63, 3.8) is 0 Å². The highest BCUT2D eigenvalue weighted by Crippen LogP contribution is 2.26. The van der Waals surface area contributed by atoms with Crippen LogP contribution in [0.4, 0.5) is 5.69 Å². The monoisotopic (exact) mass is 303 g/mol. The Labute approximate surface area is 117 Å². The van der Waals surface area contributed by atoms with Crippen LogP contribution in [0, 0.1) is 6.92 Å². The van der Waals surface area contributed by atoms with Crippen molar-refractivity contribution in [1.29, 1.82) is 0 Å². The van der Waals surface area contributed by atoms with Gasteiger partial charge in [-0.25, -0.2) is 0 Å². The van der Waals surface area contributed by atoms with Crippen molar-refractivity contribution in [2.45, 2.75) is 26.3 Å². The molecule has 2 aromatic carbocycles. The number of hydrogen-bond donors (Lipinski definition) is 1. The van der Waals surface area contributed by atoms with Gasteiger partial charge in [0.25, 0.3) is 0 Å². The largest absolute Gasteiger partial charge is 0.378 e. The van der Waals surface area contributed by atoms with E-state index in [1.54, 1.807) is 0 Å². The van der Waals surface area contributed by atoms with Crippen molar-refractivity contribution in [3.8, 4) is 0 Å². The van der Waals surface area contributed by atoms with Crippen LogP contribution in [0.2, 0.25) is 0 Å². The topological polar surface area (TPSA) is 12.0 Å². The molecule has 2 rings (SSSR count). The van der Waals surface area contributed by atoms with Gasteiger partial charge in [-0.15, -0.1) is 0 Å². The molecule has 0 aliphatic carbocycles. The number of nitrogens with one attached hydrogen (secondary N) is 1. The van der Waals surface area contributed by atoms with Gasteiger partial charge in [-0.3, -0.25) is 0 Å². The summed E-state index contributed by atoms with van der Waals surface area (Å²) in [6, 6.07) is 17.3. The summed E-state index contributed by atoms with van der Waals surface area (Å²) in [5.41, 5.74) is 3.74. The molecule has 0 aliphatic rings. The number of aryl methyl sites for hydroxylation is 1. The Morgan fingerprint density at radius 3 is 2.44 bits per heavy atom. The minimum absolute atomic E-state index is 0.362. The molecular weight excluding hydrogens is 286 g/mol. The third-order valence-corrected chi connectivity index (χ3v) is 3.98. The second kappa shape index (κ2) is 6.05. The zero-order valence-electron chi connectivity index (χ0n) is 10.8. The molecule has 0 saturated carbocycles. The molecule has 0 radical (unpaired) electrons. The number of hydrogen-bond acceptors (Lipinski definition) is 1. The Balaban J connectivity index is 2.18. The molecular formula is C16H18BrN. The van der Waals surface area contributed by atoms with Crippen molar-refractivity contribution in [2.75, 3.05) is 5.32 Å². The zero-order valence-corrected chi connectivity index (χ0v) is 12.4. The summed E-state index contributed by atoms with van der Waals surface area (Å²) < 4.78 is 1.15. The third kappa shape index (κ3) is 3.14. The first-order chi connectivity index (χ1) is 8.70. The lowest BCUT2D eigenvalue weighted by atomic mass is 10.0. The van der Waals surface area contributed by atoms with Crippen molar-refractivity contribution in [3.05, 3.63) is 64.1 Å². The van der Waals surface area contributed by atoms with Gasteiger partial charge in [0.1, 0.15) is 0 Å². The van der Waals surface area contributed by atoms with Gasteiger partial charge in [-0.1, -0.05) is 59.3 Å². The van der Waals surface area contributed by atoms with E-state index in [-0.39, 0.29) is 0 Å². The van der Waals surface area contributed by atoms with E-state index in [1.165, 1.54) is 11.1 Å². The molecule has 0 fully saturated rings. The van der Waals surface area contributed by atoms with Crippen molar-refractivity contribution < 1.29 is 0 Å². The predicted molar refractivity (Wildman–Crippen MR) is 82.0 cm³/mol. The average Bonchev–Trinajstić information content (AvgIpc) is 2.41. The molecule has 0 amide bonds. The summed E-state index contributed by atoms with van der Waals surface area (Å²) >= 11 is 3.57. The molecule has 1 N–H and O–H groups in total. The maximum Gasteiger partial charge on any atom is 0.0511 e. The van der Waals surface area contributed by atoms with Crippen LogP contribution in [0.15, 0.2) is 53.0 Å². The lowest BCUT2D eigenvalue weighted by Gasteiger charge is -2.19. The Bertz CT molecular complexity index is 508. The maximum absolute atomic E-state index is 3.58. The van der Waals surface area contributed by atoms with E-state index in [2.05, 4.69) is 83.6 Å². The van der Waals surface area contributed by atoms with Gasteiger partial charge < -0.3 is 5.32 Å². The molecule has 2 heteroatoms. The Morgan fingerprint density at radius 1 is 1.11 bits per heavy atom. The third-order valence-electron chi connectivity index (χ3n) is 3.12. The SMILES string of the molecule is CCC(Nc1ccc(C)c(Br)c1)c1ccccc1. The van der Waals surface area contributed by atoms with Crippen molar-refractivity contribution in [1.82, 2.24) is 0 Å². The standard InChI is InChI=1S/C16H18BrN/c1-3-16(13-7-5-4-6-8-13)18-14-10-9-12(2)15(17)11-14/h4-11,16,18H,3H2,1-2H3. The van der Waals surface area contributed by atoms with Crippen LogP contribution in [0.1, 0.15) is 30.5 Å². The summed E-state index contributed by atoms with van der Waals surface area (Å²) in [5.74, 6) is 0. The summed E-state index contributed by atoms with van der Waals surface area (Å²) in [5, 5.41) is 3.58. The number of halogens is 1. The number of rotatable bonds is 4. The smallest absolute Gasteiger partial charge is 0.0511 e. The molecule has 0 bridgehead atoms. The second-order valence-electron chi connectivity index (χ2n) is 4.48. The molecule has 0 spiro atoms. The van der Waals surface area contributed by atoms with E-state index < -0.39 is 0 Å². The van der Waals surface area contributed by atoms with E-state index >= 15 is 0 Å². The Morgan fingerprint density at radius 2 is 1.83 bits per heavy atom. The van der Waals surface area contributed by atoms with E-state index in [0.29, 0.717) is 6.04 Å². The molecule has 18 heavy (non-hydrogen) atoms. The fourth-order valence-electron chi connectivity index (χ4n) is 1.99. The van der Waals surface area contributed by atoms with E-state index in [9.17, 15) is 0 Å². The summed E-state index contributed by atoms with van der Waals surface area (Å²) in [7, 11) is 0. The van der Waals surface area contributed by atoms with Gasteiger partial charge in [-0.05, 0) is 36.6 Å². The summed E-state index contributed by atoms with van der Waals surface area (Å²) in [6.45, 7) is 4.30. The highest BCUT2D eigenvalue weighted by Gasteiger charge is 2.08. The van der Waals surface area contributed by atoms with Crippen molar-refractivity contribution in [2.24, 2.45) is 0 Å². The average molecular weight is 304 g/mol. The molecule has 0 heterocycles. The van der Waals surface area contributed by atoms with Crippen LogP contribution >= 0.6 is 15.9 Å². The van der Waals surface area contributed by atoms with E-state index in [1.807, 2.05) is 0 Å². The highest BCUT2D eigenvalue weighted by molar-refractivity contribution is 9.10. The molecule has 0 saturated heterocycles. The maximum atomic E-state index is 3.58. The van der Waals surface area contributed by atoms with Crippen LogP contribution in [0.5, 0.6) is 0 Å². The van der Waals surface area contributed by atoms with Gasteiger partial charge in [0.15, 0.2) is 0 Å². The van der Waals surface area contributed by atoms with Crippen molar-refractivity contribution >= 4 is 21.6 Å². The normalized spacial score (nSPS) is 12.2. The summed E-state index contributed by atoms with van der Waals surface area (Å²) in [6.07, 6.45) is 1.06. The van der Waals surface area contributed by atoms with Gasteiger partial charge in [-0.2, -0.15) is 0 Å². The first-order valence-corrected chi connectivity index (χ1v) is 7.07. The van der Waals surface area contributed by atoms with Gasteiger partial charge in [0.05, 0.1) is 6.04 Å². The lowest BCUT2D eigenvalue weighted by Crippen LogP contribution is -2.09. The van der Waals surface area contributed by atoms with Crippen LogP contribution in [0.25, 0.3) is 0 Å². The fraction of sp³-hybridized carbons (Fsp3) is 0.250. The number of anilines is 1. The second-order valence-corrected chi connectivity index (χ2v) is 5.33. The quantitative estimate of drug-likeness (QED) is 0.806. The van der Waals surface area contributed by atoms with Gasteiger partial charge in [0, 0.05) is 10.2 Å². The van der Waals surface area contributed by atoms with Crippen LogP contribution < -0.4 is 5.32 Å². The zero-order chi connectivity index (χ0) is 13.0. The molecule has 1 nitrogen and oxygen atoms in total. The van der Waals surface area contributed by atoms with Crippen LogP contribution in [-0.2, 0) is 0 Å². The van der Waals surface area contributed by atoms with E-state index in [0.717, 1.165) is 16.6 Å². The molecule has 1 atom stereocenters. The minimum atomic E-state index is 0.362. The molecule has 1 unspecified atom stereocenters. The minimum Gasteiger partial charge on any atom is -0.378 e. The number of benzene rings is 2. The molecule has 94 valence electrons. The first kappa shape index (κ1) is 13.2. The van der Waals surface area contributed by atoms with E-state index in [4.69, 9.17) is 0 Å². The van der Waals surface area contributed by atoms with Crippen LogP contribution in [-0.4, -0.2) is 0 Å². The predicted octanol–water partition coefficient (Wildman–Crippen LogP) is 5.32. The lowest BCUT2D eigenvalue weighted by molar-refractivity contribution is 0.749. The Kier molecular flexibility index (Phi) is 4.43. The van der Waals surface area contributed by atoms with Crippen LogP contribution in [0.3, 0.4) is 0 Å². The fourth-order valence-corrected chi connectivity index (χ4v) is 2.37. The molecule has 0 aromatic heterocycles. The first-order valence-electron chi connectivity index (χ1n) is 6.28. The van der Waals surface area contributed by atoms with Gasteiger partial charge in [0.2, 0.25) is 0 Å². The molecule has 0 aliphatic heterocycles. The molecule has 2 aromatic rings. The Hall–Kier alpha value is -1.28.